The highest BCUT2D eigenvalue weighted by atomic mass is 14.8. The van der Waals surface area contributed by atoms with Crippen molar-refractivity contribution in [1.82, 2.24) is 19.9 Å². The van der Waals surface area contributed by atoms with Gasteiger partial charge >= 0.3 is 0 Å². The maximum atomic E-state index is 4.87. The molecule has 0 N–H and O–H groups in total. The van der Waals surface area contributed by atoms with Crippen LogP contribution in [0.1, 0.15) is 227 Å². The van der Waals surface area contributed by atoms with Gasteiger partial charge in [0.05, 0.1) is 45.6 Å². The molecule has 0 aliphatic heterocycles. The molecule has 0 aliphatic rings. The minimum Gasteiger partial charge on any atom is -0.254 e. The molecule has 2 heterocycles. The van der Waals surface area contributed by atoms with Crippen LogP contribution in [0.25, 0.3) is 0 Å². The molecule has 2 rings (SSSR count). The van der Waals surface area contributed by atoms with E-state index in [1.54, 1.807) is 0 Å². The lowest BCUT2D eigenvalue weighted by Crippen LogP contribution is -2.06. The molecule has 0 bridgehead atoms. The average Bonchev–Trinajstić information content (AvgIpc) is 3.07. The molecule has 4 heteroatoms. The summed E-state index contributed by atoms with van der Waals surface area (Å²) in [6.45, 7) is 17.6. The van der Waals surface area contributed by atoms with Crippen LogP contribution in [0, 0.1) is 27.7 Å². The molecule has 2 aromatic rings. The molecule has 0 spiro atoms. The second-order valence-electron chi connectivity index (χ2n) is 14.6. The van der Waals surface area contributed by atoms with Crippen molar-refractivity contribution in [2.24, 2.45) is 0 Å². The molecule has 0 saturated heterocycles. The molecule has 0 unspecified atom stereocenters. The Labute approximate surface area is 300 Å². The van der Waals surface area contributed by atoms with Crippen LogP contribution in [0.3, 0.4) is 0 Å². The predicted molar refractivity (Wildman–Crippen MR) is 211 cm³/mol. The van der Waals surface area contributed by atoms with E-state index in [1.165, 1.54) is 177 Å². The van der Waals surface area contributed by atoms with E-state index in [4.69, 9.17) is 19.9 Å². The summed E-state index contributed by atoms with van der Waals surface area (Å²) in [6.07, 6.45) is 36.7. The lowest BCUT2D eigenvalue weighted by Gasteiger charge is -2.11. The topological polar surface area (TPSA) is 51.6 Å². The molecule has 48 heavy (non-hydrogen) atoms. The van der Waals surface area contributed by atoms with Crippen molar-refractivity contribution < 1.29 is 0 Å². The first-order chi connectivity index (χ1) is 23.4. The quantitative estimate of drug-likeness (QED) is 0.0849. The minimum atomic E-state index is 1.10. The lowest BCUT2D eigenvalue weighted by molar-refractivity contribution is 0.590. The van der Waals surface area contributed by atoms with Crippen LogP contribution in [0.5, 0.6) is 0 Å². The minimum absolute atomic E-state index is 1.10. The third-order valence-electron chi connectivity index (χ3n) is 9.97. The van der Waals surface area contributed by atoms with Gasteiger partial charge in [0.15, 0.2) is 0 Å². The Morgan fingerprint density at radius 3 is 0.729 bits per heavy atom. The van der Waals surface area contributed by atoms with Crippen LogP contribution in [0.2, 0.25) is 0 Å². The normalized spacial score (nSPS) is 11.2. The largest absolute Gasteiger partial charge is 0.254 e. The Morgan fingerprint density at radius 1 is 0.250 bits per heavy atom. The Bertz CT molecular complexity index is 964. The molecule has 0 atom stereocenters. The van der Waals surface area contributed by atoms with E-state index >= 15 is 0 Å². The average molecular weight is 665 g/mol. The van der Waals surface area contributed by atoms with E-state index in [2.05, 4.69) is 55.4 Å². The second kappa shape index (κ2) is 30.0. The summed E-state index contributed by atoms with van der Waals surface area (Å²) in [5.41, 5.74) is 9.57. The summed E-state index contributed by atoms with van der Waals surface area (Å²) in [5, 5.41) is 0. The summed E-state index contributed by atoms with van der Waals surface area (Å²) in [6, 6.07) is 0. The first-order valence-corrected chi connectivity index (χ1v) is 21.0. The van der Waals surface area contributed by atoms with Crippen LogP contribution in [0.4, 0.5) is 0 Å². The van der Waals surface area contributed by atoms with Crippen molar-refractivity contribution >= 4 is 0 Å². The fraction of sp³-hybridized carbons (Fsp3) is 0.818. The number of hydrogen-bond acceptors (Lipinski definition) is 4. The zero-order chi connectivity index (χ0) is 35.2. The van der Waals surface area contributed by atoms with Gasteiger partial charge in [0.2, 0.25) is 0 Å². The number of aryl methyl sites for hydroxylation is 8. The predicted octanol–water partition coefficient (Wildman–Crippen LogP) is 13.8. The van der Waals surface area contributed by atoms with Crippen molar-refractivity contribution in [1.29, 1.82) is 0 Å². The molecule has 4 nitrogen and oxygen atoms in total. The molecule has 0 fully saturated rings. The van der Waals surface area contributed by atoms with Gasteiger partial charge in [0.1, 0.15) is 0 Å². The van der Waals surface area contributed by atoms with Gasteiger partial charge in [-0.3, -0.25) is 19.9 Å². The van der Waals surface area contributed by atoms with Gasteiger partial charge in [-0.25, -0.2) is 0 Å². The van der Waals surface area contributed by atoms with Gasteiger partial charge in [0.25, 0.3) is 0 Å². The van der Waals surface area contributed by atoms with Crippen LogP contribution in [-0.4, -0.2) is 19.9 Å². The zero-order valence-electron chi connectivity index (χ0n) is 33.6. The summed E-state index contributed by atoms with van der Waals surface area (Å²) in [4.78, 5) is 19.5. The molecule has 0 saturated carbocycles. The van der Waals surface area contributed by atoms with Gasteiger partial charge in [-0.15, -0.1) is 0 Å². The van der Waals surface area contributed by atoms with Crippen LogP contribution in [0.15, 0.2) is 0 Å². The van der Waals surface area contributed by atoms with Crippen molar-refractivity contribution in [2.45, 2.75) is 235 Å². The number of unbranched alkanes of at least 4 members (excludes halogenated alkanes) is 20. The summed E-state index contributed by atoms with van der Waals surface area (Å²) >= 11 is 0. The Hall–Kier alpha value is -1.84. The van der Waals surface area contributed by atoms with E-state index in [0.717, 1.165) is 48.5 Å². The molecule has 0 radical (unpaired) electrons. The Morgan fingerprint density at radius 2 is 0.458 bits per heavy atom. The number of nitrogens with zero attached hydrogens (tertiary/aromatic N) is 4. The lowest BCUT2D eigenvalue weighted by atomic mass is 10.0. The standard InChI is InChI=1S/2C22H40N2/c1-5-7-9-11-13-15-17-21-19(3)24-22(20(4)23-21)18-16-14-12-10-8-6-2;1-5-7-9-11-13-15-17-21-22(24-20(4)19(3)23-21)18-16-14-12-10-8-6-2/h2*5-18H2,1-4H3. The van der Waals surface area contributed by atoms with Gasteiger partial charge in [-0.05, 0) is 79.1 Å². The van der Waals surface area contributed by atoms with Crippen molar-refractivity contribution in [3.63, 3.8) is 0 Å². The molecule has 0 amide bonds. The number of hydrogen-bond donors (Lipinski definition) is 0. The maximum Gasteiger partial charge on any atom is 0.0622 e. The third-order valence-corrected chi connectivity index (χ3v) is 9.97. The van der Waals surface area contributed by atoms with Gasteiger partial charge in [0, 0.05) is 0 Å². The highest BCUT2D eigenvalue weighted by Crippen LogP contribution is 2.18. The van der Waals surface area contributed by atoms with E-state index in [1.807, 2.05) is 0 Å². The first-order valence-electron chi connectivity index (χ1n) is 21.0. The van der Waals surface area contributed by atoms with Crippen LogP contribution in [-0.2, 0) is 25.7 Å². The van der Waals surface area contributed by atoms with Crippen molar-refractivity contribution in [3.8, 4) is 0 Å². The van der Waals surface area contributed by atoms with Gasteiger partial charge < -0.3 is 0 Å². The third kappa shape index (κ3) is 21.3. The fourth-order valence-corrected chi connectivity index (χ4v) is 6.56. The van der Waals surface area contributed by atoms with E-state index in [0.29, 0.717) is 0 Å². The SMILES string of the molecule is CCCCCCCCc1nc(C)c(C)nc1CCCCCCCC.CCCCCCCCc1nc(C)c(CCCCCCCC)nc1C. The number of aromatic nitrogens is 4. The summed E-state index contributed by atoms with van der Waals surface area (Å²) < 4.78 is 0. The van der Waals surface area contributed by atoms with E-state index in [9.17, 15) is 0 Å². The Kier molecular flexibility index (Phi) is 27.6. The molecular formula is C44H80N4. The smallest absolute Gasteiger partial charge is 0.0622 e. The second-order valence-corrected chi connectivity index (χ2v) is 14.6. The van der Waals surface area contributed by atoms with E-state index in [-0.39, 0.29) is 0 Å². The summed E-state index contributed by atoms with van der Waals surface area (Å²) in [5.74, 6) is 0. The van der Waals surface area contributed by atoms with Crippen molar-refractivity contribution in [2.75, 3.05) is 0 Å². The maximum absolute atomic E-state index is 4.87. The molecule has 0 aromatic carbocycles. The molecular weight excluding hydrogens is 585 g/mol. The Balaban J connectivity index is 0.000000480. The van der Waals surface area contributed by atoms with Crippen LogP contribution >= 0.6 is 0 Å². The zero-order valence-corrected chi connectivity index (χ0v) is 33.6. The monoisotopic (exact) mass is 665 g/mol. The number of rotatable bonds is 28. The van der Waals surface area contributed by atoms with Crippen molar-refractivity contribution in [3.05, 3.63) is 45.6 Å². The van der Waals surface area contributed by atoms with E-state index < -0.39 is 0 Å². The highest BCUT2D eigenvalue weighted by Gasteiger charge is 2.10. The molecule has 0 aliphatic carbocycles. The molecule has 276 valence electrons. The fourth-order valence-electron chi connectivity index (χ4n) is 6.56. The van der Waals surface area contributed by atoms with Gasteiger partial charge in [-0.2, -0.15) is 0 Å². The first kappa shape index (κ1) is 44.2. The highest BCUT2D eigenvalue weighted by molar-refractivity contribution is 5.20. The van der Waals surface area contributed by atoms with Crippen LogP contribution < -0.4 is 0 Å². The summed E-state index contributed by atoms with van der Waals surface area (Å²) in [7, 11) is 0. The van der Waals surface area contributed by atoms with Gasteiger partial charge in [-0.1, -0.05) is 156 Å². The molecule has 2 aromatic heterocycles.